The number of carbonyl (C=O) groups is 1. The lowest BCUT2D eigenvalue weighted by Gasteiger charge is -2.14. The van der Waals surface area contributed by atoms with Crippen molar-refractivity contribution < 1.29 is 18.7 Å². The number of hydrogen-bond donors (Lipinski definition) is 1. The van der Waals surface area contributed by atoms with E-state index in [1.165, 1.54) is 30.5 Å². The molecule has 0 bridgehead atoms. The van der Waals surface area contributed by atoms with E-state index in [4.69, 9.17) is 9.47 Å². The van der Waals surface area contributed by atoms with Gasteiger partial charge in [-0.25, -0.2) is 9.82 Å². The maximum atomic E-state index is 13.0. The summed E-state index contributed by atoms with van der Waals surface area (Å²) in [5.74, 6) is 0.318. The summed E-state index contributed by atoms with van der Waals surface area (Å²) in [4.78, 5) is 12.1. The van der Waals surface area contributed by atoms with Gasteiger partial charge in [0, 0.05) is 5.56 Å². The molecule has 7 heteroatoms. The largest absolute Gasteiger partial charge is 0.490 e. The molecule has 0 heterocycles. The van der Waals surface area contributed by atoms with Crippen molar-refractivity contribution in [2.75, 3.05) is 6.61 Å². The van der Waals surface area contributed by atoms with E-state index in [2.05, 4.69) is 26.5 Å². The molecule has 5 nitrogen and oxygen atoms in total. The molecule has 0 radical (unpaired) electrons. The lowest BCUT2D eigenvalue weighted by Crippen LogP contribution is -2.17. The van der Waals surface area contributed by atoms with Crippen molar-refractivity contribution in [3.05, 3.63) is 93.7 Å². The number of ether oxygens (including phenoxy) is 2. The fourth-order valence-electron chi connectivity index (χ4n) is 2.63. The van der Waals surface area contributed by atoms with Gasteiger partial charge in [0.2, 0.25) is 0 Å². The van der Waals surface area contributed by atoms with Crippen LogP contribution in [0.2, 0.25) is 0 Å². The van der Waals surface area contributed by atoms with Gasteiger partial charge in [-0.05, 0) is 70.4 Å². The molecule has 0 saturated heterocycles. The Labute approximate surface area is 182 Å². The Morgan fingerprint density at radius 1 is 1.10 bits per heavy atom. The number of carbonyl (C=O) groups excluding carboxylic acids is 1. The first-order valence-electron chi connectivity index (χ1n) is 9.29. The van der Waals surface area contributed by atoms with Crippen LogP contribution in [0.5, 0.6) is 11.5 Å². The van der Waals surface area contributed by atoms with E-state index in [0.29, 0.717) is 40.3 Å². The summed E-state index contributed by atoms with van der Waals surface area (Å²) in [7, 11) is 0. The summed E-state index contributed by atoms with van der Waals surface area (Å²) in [6, 6.07) is 18.7. The molecule has 0 saturated carbocycles. The predicted molar refractivity (Wildman–Crippen MR) is 118 cm³/mol. The molecule has 0 aliphatic heterocycles. The molecule has 0 aromatic heterocycles. The highest BCUT2D eigenvalue weighted by molar-refractivity contribution is 9.10. The fraction of sp³-hybridized carbons (Fsp3) is 0.130. The number of halogens is 2. The van der Waals surface area contributed by atoms with Crippen LogP contribution in [0, 0.1) is 5.82 Å². The van der Waals surface area contributed by atoms with Crippen LogP contribution in [-0.4, -0.2) is 18.7 Å². The summed E-state index contributed by atoms with van der Waals surface area (Å²) in [6.07, 6.45) is 1.50. The second-order valence-corrected chi connectivity index (χ2v) is 7.10. The highest BCUT2D eigenvalue weighted by atomic mass is 79.9. The van der Waals surface area contributed by atoms with Gasteiger partial charge in [-0.3, -0.25) is 4.79 Å². The lowest BCUT2D eigenvalue weighted by atomic mass is 10.2. The third-order valence-corrected chi connectivity index (χ3v) is 4.63. The number of hydrogen-bond acceptors (Lipinski definition) is 4. The van der Waals surface area contributed by atoms with Gasteiger partial charge in [-0.1, -0.05) is 30.3 Å². The van der Waals surface area contributed by atoms with E-state index in [1.807, 2.05) is 43.3 Å². The molecule has 3 aromatic carbocycles. The minimum atomic E-state index is -0.432. The van der Waals surface area contributed by atoms with Gasteiger partial charge in [0.1, 0.15) is 12.4 Å². The number of rotatable bonds is 8. The molecule has 154 valence electrons. The highest BCUT2D eigenvalue weighted by Crippen LogP contribution is 2.37. The number of hydrazone groups is 1. The number of nitrogens with zero attached hydrogens (tertiary/aromatic N) is 1. The van der Waals surface area contributed by atoms with Gasteiger partial charge in [0.15, 0.2) is 11.5 Å². The van der Waals surface area contributed by atoms with Crippen molar-refractivity contribution in [2.45, 2.75) is 13.5 Å². The number of nitrogens with one attached hydrogen (secondary N) is 1. The molecule has 3 aromatic rings. The smallest absolute Gasteiger partial charge is 0.271 e. The summed E-state index contributed by atoms with van der Waals surface area (Å²) in [5.41, 5.74) is 4.48. The van der Waals surface area contributed by atoms with Crippen LogP contribution in [0.3, 0.4) is 0 Å². The molecular formula is C23H20BrFN2O3. The van der Waals surface area contributed by atoms with Crippen molar-refractivity contribution in [1.29, 1.82) is 0 Å². The summed E-state index contributed by atoms with van der Waals surface area (Å²) in [6.45, 7) is 2.76. The summed E-state index contributed by atoms with van der Waals surface area (Å²) >= 11 is 3.52. The van der Waals surface area contributed by atoms with Gasteiger partial charge < -0.3 is 9.47 Å². The molecule has 0 aliphatic rings. The molecule has 30 heavy (non-hydrogen) atoms. The Hall–Kier alpha value is -3.19. The first-order valence-corrected chi connectivity index (χ1v) is 10.1. The van der Waals surface area contributed by atoms with Crippen LogP contribution in [0.15, 0.2) is 76.3 Å². The van der Waals surface area contributed by atoms with Crippen LogP contribution in [0.1, 0.15) is 28.4 Å². The standard InChI is InChI=1S/C23H20BrFN2O3/c1-2-29-21-13-17(14-26-27-23(28)18-8-10-19(25)11-9-18)12-20(24)22(21)30-15-16-6-4-3-5-7-16/h3-14H,2,15H2,1H3,(H,27,28)/b26-14-. The molecule has 3 rings (SSSR count). The quantitative estimate of drug-likeness (QED) is 0.357. The van der Waals surface area contributed by atoms with Crippen LogP contribution >= 0.6 is 15.9 Å². The number of amides is 1. The molecule has 0 fully saturated rings. The van der Waals surface area contributed by atoms with Crippen LogP contribution in [0.4, 0.5) is 4.39 Å². The van der Waals surface area contributed by atoms with E-state index in [1.54, 1.807) is 6.07 Å². The van der Waals surface area contributed by atoms with E-state index in [9.17, 15) is 9.18 Å². The van der Waals surface area contributed by atoms with Crippen molar-refractivity contribution in [3.63, 3.8) is 0 Å². The van der Waals surface area contributed by atoms with E-state index >= 15 is 0 Å². The van der Waals surface area contributed by atoms with Crippen LogP contribution in [-0.2, 0) is 6.61 Å². The zero-order valence-corrected chi connectivity index (χ0v) is 17.9. The molecule has 1 amide bonds. The van der Waals surface area contributed by atoms with Crippen molar-refractivity contribution in [3.8, 4) is 11.5 Å². The van der Waals surface area contributed by atoms with Gasteiger partial charge in [0.25, 0.3) is 5.91 Å². The lowest BCUT2D eigenvalue weighted by molar-refractivity contribution is 0.0955. The van der Waals surface area contributed by atoms with Gasteiger partial charge in [0.05, 0.1) is 17.3 Å². The van der Waals surface area contributed by atoms with Gasteiger partial charge in [-0.15, -0.1) is 0 Å². The Balaban J connectivity index is 1.71. The Bertz CT molecular complexity index is 1020. The first-order chi connectivity index (χ1) is 14.6. The zero-order valence-electron chi connectivity index (χ0n) is 16.3. The SMILES string of the molecule is CCOc1cc(/C=N\NC(=O)c2ccc(F)cc2)cc(Br)c1OCc1ccccc1. The maximum absolute atomic E-state index is 13.0. The topological polar surface area (TPSA) is 59.9 Å². The molecule has 1 N–H and O–H groups in total. The minimum Gasteiger partial charge on any atom is -0.490 e. The molecule has 0 aliphatic carbocycles. The molecular weight excluding hydrogens is 451 g/mol. The third kappa shape index (κ3) is 5.90. The average molecular weight is 471 g/mol. The van der Waals surface area contributed by atoms with Gasteiger partial charge >= 0.3 is 0 Å². The molecule has 0 atom stereocenters. The Morgan fingerprint density at radius 2 is 1.83 bits per heavy atom. The van der Waals surface area contributed by atoms with E-state index < -0.39 is 11.7 Å². The first kappa shape index (κ1) is 21.5. The summed E-state index contributed by atoms with van der Waals surface area (Å²) in [5, 5.41) is 3.97. The van der Waals surface area contributed by atoms with Crippen LogP contribution < -0.4 is 14.9 Å². The highest BCUT2D eigenvalue weighted by Gasteiger charge is 2.12. The third-order valence-electron chi connectivity index (χ3n) is 4.04. The average Bonchev–Trinajstić information content (AvgIpc) is 2.74. The normalized spacial score (nSPS) is 10.8. The zero-order chi connectivity index (χ0) is 21.3. The molecule has 0 unspecified atom stereocenters. The van der Waals surface area contributed by atoms with Crippen LogP contribution in [0.25, 0.3) is 0 Å². The van der Waals surface area contributed by atoms with E-state index in [0.717, 1.165) is 5.56 Å². The minimum absolute atomic E-state index is 0.314. The predicted octanol–water partition coefficient (Wildman–Crippen LogP) is 5.33. The second-order valence-electron chi connectivity index (χ2n) is 6.24. The monoisotopic (exact) mass is 470 g/mol. The Kier molecular flexibility index (Phi) is 7.57. The van der Waals surface area contributed by atoms with Gasteiger partial charge in [-0.2, -0.15) is 5.10 Å². The van der Waals surface area contributed by atoms with E-state index in [-0.39, 0.29) is 0 Å². The van der Waals surface area contributed by atoms with Crippen molar-refractivity contribution in [2.24, 2.45) is 5.10 Å². The summed E-state index contributed by atoms with van der Waals surface area (Å²) < 4.78 is 25.3. The molecule has 0 spiro atoms. The number of benzene rings is 3. The maximum Gasteiger partial charge on any atom is 0.271 e. The van der Waals surface area contributed by atoms with Crippen molar-refractivity contribution in [1.82, 2.24) is 5.43 Å². The Morgan fingerprint density at radius 3 is 2.53 bits per heavy atom. The fourth-order valence-corrected chi connectivity index (χ4v) is 3.20. The second kappa shape index (κ2) is 10.5. The van der Waals surface area contributed by atoms with Crippen molar-refractivity contribution >= 4 is 28.1 Å².